The molecular formula is C22H38N4S. The first-order valence-corrected chi connectivity index (χ1v) is 11.5. The van der Waals surface area contributed by atoms with Crippen LogP contribution in [0, 0.1) is 5.92 Å². The van der Waals surface area contributed by atoms with Crippen LogP contribution in [-0.2, 0) is 0 Å². The number of benzene rings is 1. The molecule has 1 fully saturated rings. The molecule has 1 atom stereocenters. The molecule has 0 saturated carbocycles. The lowest BCUT2D eigenvalue weighted by Gasteiger charge is -2.22. The fourth-order valence-corrected chi connectivity index (χ4v) is 4.28. The molecule has 0 radical (unpaired) electrons. The summed E-state index contributed by atoms with van der Waals surface area (Å²) in [6.07, 6.45) is 3.64. The van der Waals surface area contributed by atoms with Crippen LogP contribution >= 0.6 is 11.8 Å². The Balaban J connectivity index is 1.73. The van der Waals surface area contributed by atoms with Crippen LogP contribution in [0.3, 0.4) is 0 Å². The van der Waals surface area contributed by atoms with Crippen LogP contribution in [0.25, 0.3) is 0 Å². The third-order valence-electron chi connectivity index (χ3n) is 5.21. The molecule has 1 unspecified atom stereocenters. The topological polar surface area (TPSA) is 30.9 Å². The molecule has 1 saturated heterocycles. The predicted octanol–water partition coefficient (Wildman–Crippen LogP) is 4.19. The summed E-state index contributed by atoms with van der Waals surface area (Å²) in [5.41, 5.74) is 0. The maximum Gasteiger partial charge on any atom is 0.193 e. The summed E-state index contributed by atoms with van der Waals surface area (Å²) in [5, 5.41) is 3.50. The minimum Gasteiger partial charge on any atom is -0.357 e. The van der Waals surface area contributed by atoms with E-state index in [2.05, 4.69) is 73.3 Å². The molecule has 0 aromatic heterocycles. The van der Waals surface area contributed by atoms with Gasteiger partial charge in [0.1, 0.15) is 0 Å². The number of likely N-dealkylation sites (tertiary alicyclic amines) is 1. The van der Waals surface area contributed by atoms with Crippen molar-refractivity contribution in [2.24, 2.45) is 10.9 Å². The lowest BCUT2D eigenvalue weighted by atomic mass is 10.2. The molecule has 1 aromatic rings. The average Bonchev–Trinajstić information content (AvgIpc) is 3.14. The zero-order chi connectivity index (χ0) is 19.5. The van der Waals surface area contributed by atoms with Crippen molar-refractivity contribution in [1.82, 2.24) is 15.1 Å². The van der Waals surface area contributed by atoms with Crippen molar-refractivity contribution in [3.05, 3.63) is 30.3 Å². The van der Waals surface area contributed by atoms with Crippen molar-refractivity contribution in [1.29, 1.82) is 0 Å². The van der Waals surface area contributed by atoms with E-state index in [4.69, 9.17) is 4.99 Å². The van der Waals surface area contributed by atoms with Crippen LogP contribution in [0.15, 0.2) is 40.2 Å². The molecule has 2 rings (SSSR count). The second kappa shape index (κ2) is 12.3. The van der Waals surface area contributed by atoms with E-state index >= 15 is 0 Å². The van der Waals surface area contributed by atoms with Crippen molar-refractivity contribution < 1.29 is 0 Å². The molecule has 1 heterocycles. The number of hydrogen-bond acceptors (Lipinski definition) is 3. The summed E-state index contributed by atoms with van der Waals surface area (Å²) in [7, 11) is 2.20. The van der Waals surface area contributed by atoms with Crippen LogP contribution in [0.5, 0.6) is 0 Å². The van der Waals surface area contributed by atoms with Gasteiger partial charge >= 0.3 is 0 Å². The van der Waals surface area contributed by atoms with Crippen LogP contribution in [0.1, 0.15) is 40.0 Å². The van der Waals surface area contributed by atoms with Gasteiger partial charge in [-0.05, 0) is 71.7 Å². The summed E-state index contributed by atoms with van der Waals surface area (Å²) < 4.78 is 0. The molecule has 0 spiro atoms. The Bertz CT molecular complexity index is 547. The lowest BCUT2D eigenvalue weighted by Crippen LogP contribution is -2.40. The molecule has 1 N–H and O–H groups in total. The highest BCUT2D eigenvalue weighted by molar-refractivity contribution is 7.99. The van der Waals surface area contributed by atoms with Gasteiger partial charge < -0.3 is 15.1 Å². The Kier molecular flexibility index (Phi) is 10.1. The van der Waals surface area contributed by atoms with E-state index in [1.54, 1.807) is 0 Å². The highest BCUT2D eigenvalue weighted by atomic mass is 32.2. The van der Waals surface area contributed by atoms with E-state index in [-0.39, 0.29) is 0 Å². The number of unbranched alkanes of at least 4 members (excludes halogenated alkanes) is 1. The minimum absolute atomic E-state index is 0.626. The molecule has 0 amide bonds. The minimum atomic E-state index is 0.626. The summed E-state index contributed by atoms with van der Waals surface area (Å²) in [4.78, 5) is 11.1. The van der Waals surface area contributed by atoms with Gasteiger partial charge in [-0.15, -0.1) is 11.8 Å². The van der Waals surface area contributed by atoms with Crippen LogP contribution in [0.2, 0.25) is 0 Å². The van der Waals surface area contributed by atoms with Crippen LogP contribution in [0.4, 0.5) is 0 Å². The highest BCUT2D eigenvalue weighted by Crippen LogP contribution is 2.25. The van der Waals surface area contributed by atoms with E-state index in [9.17, 15) is 0 Å². The molecule has 0 bridgehead atoms. The summed E-state index contributed by atoms with van der Waals surface area (Å²) in [6.45, 7) is 11.9. The second-order valence-corrected chi connectivity index (χ2v) is 8.84. The molecular weight excluding hydrogens is 352 g/mol. The van der Waals surface area contributed by atoms with E-state index in [0.717, 1.165) is 51.0 Å². The van der Waals surface area contributed by atoms with Gasteiger partial charge in [-0.3, -0.25) is 4.99 Å². The van der Waals surface area contributed by atoms with Crippen molar-refractivity contribution in [2.45, 2.75) is 51.0 Å². The zero-order valence-corrected chi connectivity index (χ0v) is 18.5. The lowest BCUT2D eigenvalue weighted by molar-refractivity contribution is 0.269. The molecule has 5 heteroatoms. The first kappa shape index (κ1) is 22.1. The number of nitrogens with one attached hydrogen (secondary N) is 1. The quantitative estimate of drug-likeness (QED) is 0.281. The molecule has 1 aliphatic heterocycles. The average molecular weight is 391 g/mol. The van der Waals surface area contributed by atoms with E-state index in [0.29, 0.717) is 6.04 Å². The summed E-state index contributed by atoms with van der Waals surface area (Å²) >= 11 is 1.98. The Hall–Kier alpha value is -1.20. The first-order chi connectivity index (χ1) is 13.1. The number of nitrogens with zero attached hydrogens (tertiary/aromatic N) is 3. The molecule has 1 aliphatic rings. The normalized spacial score (nSPS) is 17.9. The van der Waals surface area contributed by atoms with Gasteiger partial charge in [-0.25, -0.2) is 0 Å². The molecule has 4 nitrogen and oxygen atoms in total. The fourth-order valence-electron chi connectivity index (χ4n) is 3.23. The Morgan fingerprint density at radius 3 is 2.78 bits per heavy atom. The van der Waals surface area contributed by atoms with Crippen molar-refractivity contribution in [2.75, 3.05) is 45.5 Å². The Labute approximate surface area is 170 Å². The van der Waals surface area contributed by atoms with Gasteiger partial charge in [0.2, 0.25) is 0 Å². The number of aliphatic imine (C=N–C) groups is 1. The number of rotatable bonds is 10. The predicted molar refractivity (Wildman–Crippen MR) is 120 cm³/mol. The zero-order valence-electron chi connectivity index (χ0n) is 17.7. The van der Waals surface area contributed by atoms with Gasteiger partial charge in [0.15, 0.2) is 5.96 Å². The fraction of sp³-hybridized carbons (Fsp3) is 0.682. The number of thioether (sulfide) groups is 1. The van der Waals surface area contributed by atoms with Gasteiger partial charge in [-0.1, -0.05) is 18.2 Å². The largest absolute Gasteiger partial charge is 0.357 e. The maximum absolute atomic E-state index is 4.90. The SMILES string of the molecule is CCNC(=NCCCCN(C)C(C)C)N1CCC(CSc2ccccc2)C1. The first-order valence-electron chi connectivity index (χ1n) is 10.5. The third kappa shape index (κ3) is 8.14. The molecule has 1 aromatic carbocycles. The van der Waals surface area contributed by atoms with Crippen molar-refractivity contribution >= 4 is 17.7 Å². The Morgan fingerprint density at radius 2 is 2.07 bits per heavy atom. The van der Waals surface area contributed by atoms with Crippen molar-refractivity contribution in [3.63, 3.8) is 0 Å². The Morgan fingerprint density at radius 1 is 1.30 bits per heavy atom. The van der Waals surface area contributed by atoms with Gasteiger partial charge in [-0.2, -0.15) is 0 Å². The van der Waals surface area contributed by atoms with Crippen LogP contribution < -0.4 is 5.32 Å². The molecule has 0 aliphatic carbocycles. The highest BCUT2D eigenvalue weighted by Gasteiger charge is 2.24. The number of hydrogen-bond donors (Lipinski definition) is 1. The summed E-state index contributed by atoms with van der Waals surface area (Å²) in [5.74, 6) is 3.06. The summed E-state index contributed by atoms with van der Waals surface area (Å²) in [6, 6.07) is 11.4. The van der Waals surface area contributed by atoms with Gasteiger partial charge in [0.25, 0.3) is 0 Å². The van der Waals surface area contributed by atoms with Gasteiger partial charge in [0, 0.05) is 42.9 Å². The monoisotopic (exact) mass is 390 g/mol. The van der Waals surface area contributed by atoms with E-state index < -0.39 is 0 Å². The molecule has 152 valence electrons. The standard InChI is InChI=1S/C22H38N4S/c1-5-23-22(24-14-9-10-15-25(4)19(2)3)26-16-13-20(17-26)18-27-21-11-7-6-8-12-21/h6-8,11-12,19-20H,5,9-10,13-18H2,1-4H3,(H,23,24). The maximum atomic E-state index is 4.90. The molecule has 27 heavy (non-hydrogen) atoms. The van der Waals surface area contributed by atoms with Gasteiger partial charge in [0.05, 0.1) is 0 Å². The van der Waals surface area contributed by atoms with E-state index in [1.165, 1.54) is 23.5 Å². The third-order valence-corrected chi connectivity index (χ3v) is 6.45. The smallest absolute Gasteiger partial charge is 0.193 e. The van der Waals surface area contributed by atoms with E-state index in [1.807, 2.05) is 11.8 Å². The van der Waals surface area contributed by atoms with Crippen LogP contribution in [-0.4, -0.2) is 67.3 Å². The number of guanidine groups is 1. The second-order valence-electron chi connectivity index (χ2n) is 7.74. The van der Waals surface area contributed by atoms with Crippen molar-refractivity contribution in [3.8, 4) is 0 Å².